The summed E-state index contributed by atoms with van der Waals surface area (Å²) in [4.78, 5) is 15.6. The summed E-state index contributed by atoms with van der Waals surface area (Å²) in [7, 11) is 0. The van der Waals surface area contributed by atoms with E-state index in [4.69, 9.17) is 11.6 Å². The van der Waals surface area contributed by atoms with Crippen molar-refractivity contribution in [1.29, 1.82) is 0 Å². The number of carbonyl (C=O) groups excluding carboxylic acids is 1. The van der Waals surface area contributed by atoms with Crippen LogP contribution in [0.3, 0.4) is 0 Å². The van der Waals surface area contributed by atoms with Gasteiger partial charge in [-0.15, -0.1) is 0 Å². The van der Waals surface area contributed by atoms with Gasteiger partial charge in [-0.25, -0.2) is 13.8 Å². The molecule has 1 heterocycles. The molecule has 0 aliphatic carbocycles. The molecule has 0 unspecified atom stereocenters. The van der Waals surface area contributed by atoms with Crippen molar-refractivity contribution >= 4 is 23.3 Å². The Labute approximate surface area is 106 Å². The Bertz CT molecular complexity index is 604. The first-order valence-electron chi connectivity index (χ1n) is 4.94. The Morgan fingerprint density at radius 1 is 1.17 bits per heavy atom. The van der Waals surface area contributed by atoms with E-state index in [2.05, 4.69) is 10.3 Å². The summed E-state index contributed by atoms with van der Waals surface area (Å²) in [5.41, 5.74) is -0.00400. The first kappa shape index (κ1) is 12.4. The summed E-state index contributed by atoms with van der Waals surface area (Å²) < 4.78 is 25.7. The van der Waals surface area contributed by atoms with E-state index in [9.17, 15) is 13.6 Å². The number of pyridine rings is 1. The molecule has 1 aromatic carbocycles. The Morgan fingerprint density at radius 2 is 1.94 bits per heavy atom. The highest BCUT2D eigenvalue weighted by atomic mass is 35.5. The molecule has 92 valence electrons. The first-order chi connectivity index (χ1) is 8.56. The minimum Gasteiger partial charge on any atom is -0.307 e. The van der Waals surface area contributed by atoms with Crippen molar-refractivity contribution in [2.24, 2.45) is 0 Å². The highest BCUT2D eigenvalue weighted by Crippen LogP contribution is 2.14. The van der Waals surface area contributed by atoms with E-state index in [1.807, 2.05) is 0 Å². The van der Waals surface area contributed by atoms with Crippen LogP contribution >= 0.6 is 11.6 Å². The molecule has 3 nitrogen and oxygen atoms in total. The Balaban J connectivity index is 2.19. The quantitative estimate of drug-likeness (QED) is 0.908. The van der Waals surface area contributed by atoms with Gasteiger partial charge in [0.05, 0.1) is 0 Å². The molecule has 0 bridgehead atoms. The third-order valence-electron chi connectivity index (χ3n) is 2.15. The smallest absolute Gasteiger partial charge is 0.256 e. The lowest BCUT2D eigenvalue weighted by molar-refractivity contribution is 0.102. The molecule has 0 aliphatic heterocycles. The SMILES string of the molecule is O=C(Nc1cc(Cl)ccn1)c1ccc(F)c(F)c1. The summed E-state index contributed by atoms with van der Waals surface area (Å²) in [5, 5.41) is 2.83. The van der Waals surface area contributed by atoms with Gasteiger partial charge in [0.1, 0.15) is 5.82 Å². The number of carbonyl (C=O) groups is 1. The van der Waals surface area contributed by atoms with Crippen LogP contribution in [0.15, 0.2) is 36.5 Å². The number of nitrogens with one attached hydrogen (secondary N) is 1. The fourth-order valence-electron chi connectivity index (χ4n) is 1.30. The fraction of sp³-hybridized carbons (Fsp3) is 0. The van der Waals surface area contributed by atoms with E-state index < -0.39 is 17.5 Å². The molecule has 0 aliphatic rings. The van der Waals surface area contributed by atoms with Crippen LogP contribution in [0.1, 0.15) is 10.4 Å². The molecule has 0 saturated carbocycles. The molecule has 6 heteroatoms. The first-order valence-corrected chi connectivity index (χ1v) is 5.32. The van der Waals surface area contributed by atoms with Gasteiger partial charge in [0.15, 0.2) is 11.6 Å². The van der Waals surface area contributed by atoms with Crippen LogP contribution in [-0.4, -0.2) is 10.9 Å². The maximum Gasteiger partial charge on any atom is 0.256 e. The standard InChI is InChI=1S/C12H7ClF2N2O/c13-8-3-4-16-11(6-8)17-12(18)7-1-2-9(14)10(15)5-7/h1-6H,(H,16,17,18). The minimum absolute atomic E-state index is 0.00400. The van der Waals surface area contributed by atoms with Crippen molar-refractivity contribution in [3.8, 4) is 0 Å². The van der Waals surface area contributed by atoms with Crippen LogP contribution in [0.4, 0.5) is 14.6 Å². The van der Waals surface area contributed by atoms with Crippen molar-refractivity contribution in [3.63, 3.8) is 0 Å². The molecule has 1 aromatic heterocycles. The lowest BCUT2D eigenvalue weighted by Gasteiger charge is -2.04. The van der Waals surface area contributed by atoms with Gasteiger partial charge in [0.25, 0.3) is 5.91 Å². The molecule has 1 amide bonds. The second-order valence-corrected chi connectivity index (χ2v) is 3.88. The topological polar surface area (TPSA) is 42.0 Å². The zero-order chi connectivity index (χ0) is 13.1. The number of amides is 1. The summed E-state index contributed by atoms with van der Waals surface area (Å²) in [5.74, 6) is -2.45. The molecule has 0 fully saturated rings. The van der Waals surface area contributed by atoms with Crippen LogP contribution < -0.4 is 5.32 Å². The zero-order valence-corrected chi connectivity index (χ0v) is 9.71. The molecular formula is C12H7ClF2N2O. The summed E-state index contributed by atoms with van der Waals surface area (Å²) in [6.45, 7) is 0. The monoisotopic (exact) mass is 268 g/mol. The number of anilines is 1. The van der Waals surface area contributed by atoms with Gasteiger partial charge in [0, 0.05) is 16.8 Å². The highest BCUT2D eigenvalue weighted by molar-refractivity contribution is 6.30. The number of halogens is 3. The van der Waals surface area contributed by atoms with E-state index in [0.29, 0.717) is 5.02 Å². The van der Waals surface area contributed by atoms with Gasteiger partial charge in [0.2, 0.25) is 0 Å². The van der Waals surface area contributed by atoms with E-state index in [1.165, 1.54) is 18.3 Å². The highest BCUT2D eigenvalue weighted by Gasteiger charge is 2.10. The average molecular weight is 269 g/mol. The predicted octanol–water partition coefficient (Wildman–Crippen LogP) is 3.27. The van der Waals surface area contributed by atoms with E-state index in [-0.39, 0.29) is 11.4 Å². The Morgan fingerprint density at radius 3 is 2.61 bits per heavy atom. The summed E-state index contributed by atoms with van der Waals surface area (Å²) in [6, 6.07) is 5.87. The number of nitrogens with zero attached hydrogens (tertiary/aromatic N) is 1. The summed E-state index contributed by atoms with van der Waals surface area (Å²) in [6.07, 6.45) is 1.42. The third-order valence-corrected chi connectivity index (χ3v) is 2.38. The maximum absolute atomic E-state index is 13.0. The molecular weight excluding hydrogens is 262 g/mol. The lowest BCUT2D eigenvalue weighted by atomic mass is 10.2. The normalized spacial score (nSPS) is 10.2. The molecule has 0 atom stereocenters. The van der Waals surface area contributed by atoms with Crippen molar-refractivity contribution in [3.05, 3.63) is 58.7 Å². The van der Waals surface area contributed by atoms with Gasteiger partial charge < -0.3 is 5.32 Å². The molecule has 1 N–H and O–H groups in total. The van der Waals surface area contributed by atoms with Crippen LogP contribution in [0, 0.1) is 11.6 Å². The zero-order valence-electron chi connectivity index (χ0n) is 8.95. The number of hydrogen-bond donors (Lipinski definition) is 1. The molecule has 2 rings (SSSR count). The largest absolute Gasteiger partial charge is 0.307 e. The van der Waals surface area contributed by atoms with Gasteiger partial charge >= 0.3 is 0 Å². The molecule has 0 spiro atoms. The lowest BCUT2D eigenvalue weighted by Crippen LogP contribution is -2.13. The fourth-order valence-corrected chi connectivity index (χ4v) is 1.46. The van der Waals surface area contributed by atoms with Gasteiger partial charge in [-0.05, 0) is 30.3 Å². The average Bonchev–Trinajstić information content (AvgIpc) is 2.32. The molecule has 0 saturated heterocycles. The molecule has 2 aromatic rings. The Kier molecular flexibility index (Phi) is 3.53. The summed E-state index contributed by atoms with van der Waals surface area (Å²) >= 11 is 5.72. The van der Waals surface area contributed by atoms with Crippen molar-refractivity contribution < 1.29 is 13.6 Å². The van der Waals surface area contributed by atoms with E-state index in [1.54, 1.807) is 6.07 Å². The Hall–Kier alpha value is -2.01. The van der Waals surface area contributed by atoms with Gasteiger partial charge in [-0.1, -0.05) is 11.6 Å². The molecule has 0 radical (unpaired) electrons. The second kappa shape index (κ2) is 5.10. The van der Waals surface area contributed by atoms with E-state index in [0.717, 1.165) is 12.1 Å². The maximum atomic E-state index is 13.0. The number of rotatable bonds is 2. The van der Waals surface area contributed by atoms with Crippen molar-refractivity contribution in [2.45, 2.75) is 0 Å². The van der Waals surface area contributed by atoms with Crippen LogP contribution in [-0.2, 0) is 0 Å². The number of hydrogen-bond acceptors (Lipinski definition) is 2. The van der Waals surface area contributed by atoms with Crippen LogP contribution in [0.5, 0.6) is 0 Å². The molecule has 18 heavy (non-hydrogen) atoms. The predicted molar refractivity (Wildman–Crippen MR) is 63.6 cm³/mol. The van der Waals surface area contributed by atoms with Crippen molar-refractivity contribution in [2.75, 3.05) is 5.32 Å². The minimum atomic E-state index is -1.08. The second-order valence-electron chi connectivity index (χ2n) is 3.44. The third kappa shape index (κ3) is 2.81. The number of aromatic nitrogens is 1. The van der Waals surface area contributed by atoms with E-state index >= 15 is 0 Å². The van der Waals surface area contributed by atoms with Crippen LogP contribution in [0.25, 0.3) is 0 Å². The van der Waals surface area contributed by atoms with Crippen LogP contribution in [0.2, 0.25) is 5.02 Å². The number of benzene rings is 1. The van der Waals surface area contributed by atoms with Gasteiger partial charge in [-0.3, -0.25) is 4.79 Å². The van der Waals surface area contributed by atoms with Crippen molar-refractivity contribution in [1.82, 2.24) is 4.98 Å². The van der Waals surface area contributed by atoms with Gasteiger partial charge in [-0.2, -0.15) is 0 Å².